The van der Waals surface area contributed by atoms with Crippen LogP contribution in [0.15, 0.2) is 42.9 Å². The summed E-state index contributed by atoms with van der Waals surface area (Å²) in [6, 6.07) is 8.12. The molecule has 2 amide bonds. The Morgan fingerprint density at radius 2 is 2.04 bits per heavy atom. The SMILES string of the molecule is CC(C)N(C)c1cccc(NC(=O)N(C)CCc2cnccn2)c1. The van der Waals surface area contributed by atoms with Gasteiger partial charge in [-0.05, 0) is 32.0 Å². The highest BCUT2D eigenvalue weighted by Crippen LogP contribution is 2.20. The van der Waals surface area contributed by atoms with Gasteiger partial charge in [0.15, 0.2) is 0 Å². The van der Waals surface area contributed by atoms with Crippen molar-refractivity contribution in [2.24, 2.45) is 0 Å². The zero-order valence-corrected chi connectivity index (χ0v) is 14.7. The van der Waals surface area contributed by atoms with Gasteiger partial charge in [-0.2, -0.15) is 0 Å². The van der Waals surface area contributed by atoms with Crippen molar-refractivity contribution in [3.63, 3.8) is 0 Å². The lowest BCUT2D eigenvalue weighted by molar-refractivity contribution is 0.223. The molecule has 0 aliphatic heterocycles. The van der Waals surface area contributed by atoms with Crippen LogP contribution in [0.4, 0.5) is 16.2 Å². The Hall–Kier alpha value is -2.63. The maximum Gasteiger partial charge on any atom is 0.321 e. The van der Waals surface area contributed by atoms with Gasteiger partial charge in [0.2, 0.25) is 0 Å². The lowest BCUT2D eigenvalue weighted by atomic mass is 10.2. The fraction of sp³-hybridized carbons (Fsp3) is 0.389. The number of amides is 2. The predicted octanol–water partition coefficient (Wildman–Crippen LogP) is 3.03. The van der Waals surface area contributed by atoms with Gasteiger partial charge in [-0.25, -0.2) is 4.79 Å². The zero-order valence-electron chi connectivity index (χ0n) is 14.7. The molecule has 0 atom stereocenters. The van der Waals surface area contributed by atoms with Gasteiger partial charge in [-0.1, -0.05) is 6.07 Å². The normalized spacial score (nSPS) is 10.5. The van der Waals surface area contributed by atoms with Crippen LogP contribution in [0, 0.1) is 0 Å². The van der Waals surface area contributed by atoms with Gasteiger partial charge in [0.25, 0.3) is 0 Å². The molecule has 1 aromatic heterocycles. The Kier molecular flexibility index (Phi) is 6.12. The molecule has 0 bridgehead atoms. The van der Waals surface area contributed by atoms with Crippen molar-refractivity contribution in [2.45, 2.75) is 26.3 Å². The van der Waals surface area contributed by atoms with E-state index in [4.69, 9.17) is 0 Å². The van der Waals surface area contributed by atoms with E-state index < -0.39 is 0 Å². The van der Waals surface area contributed by atoms with E-state index >= 15 is 0 Å². The maximum absolute atomic E-state index is 12.3. The number of likely N-dealkylation sites (N-methyl/N-ethyl adjacent to an activating group) is 1. The van der Waals surface area contributed by atoms with Crippen molar-refractivity contribution in [3.8, 4) is 0 Å². The van der Waals surface area contributed by atoms with Crippen LogP contribution in [0.3, 0.4) is 0 Å². The molecule has 128 valence electrons. The molecule has 0 unspecified atom stereocenters. The van der Waals surface area contributed by atoms with E-state index in [2.05, 4.69) is 34.0 Å². The standard InChI is InChI=1S/C18H25N5O/c1-14(2)23(4)17-7-5-6-15(12-17)21-18(24)22(3)11-8-16-13-19-9-10-20-16/h5-7,9-10,12-14H,8,11H2,1-4H3,(H,21,24). The van der Waals surface area contributed by atoms with Gasteiger partial charge in [-0.15, -0.1) is 0 Å². The number of carbonyl (C=O) groups is 1. The predicted molar refractivity (Wildman–Crippen MR) is 97.4 cm³/mol. The third-order valence-electron chi connectivity index (χ3n) is 3.95. The molecule has 2 rings (SSSR count). The highest BCUT2D eigenvalue weighted by Gasteiger charge is 2.11. The molecule has 0 radical (unpaired) electrons. The molecule has 1 aromatic carbocycles. The number of nitrogens with zero attached hydrogens (tertiary/aromatic N) is 4. The van der Waals surface area contributed by atoms with E-state index in [1.807, 2.05) is 31.3 Å². The number of hydrogen-bond donors (Lipinski definition) is 1. The lowest BCUT2D eigenvalue weighted by Crippen LogP contribution is -2.33. The summed E-state index contributed by atoms with van der Waals surface area (Å²) in [7, 11) is 3.81. The van der Waals surface area contributed by atoms with Gasteiger partial charge in [0, 0.05) is 63.1 Å². The van der Waals surface area contributed by atoms with E-state index in [0.29, 0.717) is 19.0 Å². The number of aromatic nitrogens is 2. The average molecular weight is 327 g/mol. The summed E-state index contributed by atoms with van der Waals surface area (Å²) in [5, 5.41) is 2.94. The first-order chi connectivity index (χ1) is 11.5. The number of carbonyl (C=O) groups excluding carboxylic acids is 1. The first-order valence-corrected chi connectivity index (χ1v) is 8.07. The molecular weight excluding hydrogens is 302 g/mol. The summed E-state index contributed by atoms with van der Waals surface area (Å²) in [4.78, 5) is 24.4. The van der Waals surface area contributed by atoms with Crippen LogP contribution >= 0.6 is 0 Å². The lowest BCUT2D eigenvalue weighted by Gasteiger charge is -2.24. The molecule has 24 heavy (non-hydrogen) atoms. The van der Waals surface area contributed by atoms with Crippen LogP contribution in [0.2, 0.25) is 0 Å². The molecule has 0 aliphatic carbocycles. The number of nitrogens with one attached hydrogen (secondary N) is 1. The third kappa shape index (κ3) is 4.94. The molecule has 0 aliphatic rings. The summed E-state index contributed by atoms with van der Waals surface area (Å²) in [5.74, 6) is 0. The van der Waals surface area contributed by atoms with E-state index in [9.17, 15) is 4.79 Å². The number of rotatable bonds is 6. The zero-order chi connectivity index (χ0) is 17.5. The fourth-order valence-electron chi connectivity index (χ4n) is 2.16. The van der Waals surface area contributed by atoms with Crippen LogP contribution in [-0.2, 0) is 6.42 Å². The Balaban J connectivity index is 1.92. The Bertz CT molecular complexity index is 659. The molecule has 0 fully saturated rings. The molecule has 6 nitrogen and oxygen atoms in total. The second-order valence-corrected chi connectivity index (χ2v) is 6.05. The van der Waals surface area contributed by atoms with Crippen molar-refractivity contribution >= 4 is 17.4 Å². The summed E-state index contributed by atoms with van der Waals surface area (Å²) in [5.41, 5.74) is 2.74. The Morgan fingerprint density at radius 1 is 1.25 bits per heavy atom. The molecule has 0 saturated heterocycles. The van der Waals surface area contributed by atoms with Crippen molar-refractivity contribution in [1.29, 1.82) is 0 Å². The third-order valence-corrected chi connectivity index (χ3v) is 3.95. The summed E-state index contributed by atoms with van der Waals surface area (Å²) in [6.07, 6.45) is 5.69. The molecule has 0 saturated carbocycles. The summed E-state index contributed by atoms with van der Waals surface area (Å²) < 4.78 is 0. The van der Waals surface area contributed by atoms with Gasteiger partial charge >= 0.3 is 6.03 Å². The minimum Gasteiger partial charge on any atom is -0.372 e. The van der Waals surface area contributed by atoms with Crippen LogP contribution in [0.25, 0.3) is 0 Å². The summed E-state index contributed by atoms with van der Waals surface area (Å²) in [6.45, 7) is 4.84. The van der Waals surface area contributed by atoms with E-state index in [-0.39, 0.29) is 6.03 Å². The highest BCUT2D eigenvalue weighted by molar-refractivity contribution is 5.89. The van der Waals surface area contributed by atoms with E-state index in [1.54, 1.807) is 30.5 Å². The van der Waals surface area contributed by atoms with Gasteiger partial charge in [-0.3, -0.25) is 9.97 Å². The quantitative estimate of drug-likeness (QED) is 0.886. The first-order valence-electron chi connectivity index (χ1n) is 8.07. The Morgan fingerprint density at radius 3 is 2.71 bits per heavy atom. The van der Waals surface area contributed by atoms with Crippen molar-refractivity contribution in [2.75, 3.05) is 30.9 Å². The second-order valence-electron chi connectivity index (χ2n) is 6.05. The molecule has 0 spiro atoms. The van der Waals surface area contributed by atoms with Crippen molar-refractivity contribution in [1.82, 2.24) is 14.9 Å². The largest absolute Gasteiger partial charge is 0.372 e. The molecule has 2 aromatic rings. The fourth-order valence-corrected chi connectivity index (χ4v) is 2.16. The van der Waals surface area contributed by atoms with Crippen LogP contribution in [0.1, 0.15) is 19.5 Å². The number of anilines is 2. The minimum atomic E-state index is -0.136. The highest BCUT2D eigenvalue weighted by atomic mass is 16.2. The Labute approximate surface area is 143 Å². The maximum atomic E-state index is 12.3. The second kappa shape index (κ2) is 8.29. The topological polar surface area (TPSA) is 61.4 Å². The van der Waals surface area contributed by atoms with Crippen molar-refractivity contribution < 1.29 is 4.79 Å². The molecular formula is C18H25N5O. The molecule has 1 N–H and O–H groups in total. The van der Waals surface area contributed by atoms with Crippen LogP contribution in [-0.4, -0.2) is 47.6 Å². The van der Waals surface area contributed by atoms with Crippen molar-refractivity contribution in [3.05, 3.63) is 48.5 Å². The molecule has 6 heteroatoms. The minimum absolute atomic E-state index is 0.136. The first kappa shape index (κ1) is 17.7. The smallest absolute Gasteiger partial charge is 0.321 e. The van der Waals surface area contributed by atoms with E-state index in [0.717, 1.165) is 17.1 Å². The van der Waals surface area contributed by atoms with Gasteiger partial charge in [0.05, 0.1) is 5.69 Å². The van der Waals surface area contributed by atoms with Crippen LogP contribution < -0.4 is 10.2 Å². The average Bonchev–Trinajstić information content (AvgIpc) is 2.60. The van der Waals surface area contributed by atoms with E-state index in [1.165, 1.54) is 0 Å². The number of benzene rings is 1. The number of hydrogen-bond acceptors (Lipinski definition) is 4. The number of urea groups is 1. The molecule has 1 heterocycles. The van der Waals surface area contributed by atoms with Gasteiger partial charge in [0.1, 0.15) is 0 Å². The van der Waals surface area contributed by atoms with Crippen LogP contribution in [0.5, 0.6) is 0 Å². The monoisotopic (exact) mass is 327 g/mol. The summed E-state index contributed by atoms with van der Waals surface area (Å²) >= 11 is 0. The van der Waals surface area contributed by atoms with Gasteiger partial charge < -0.3 is 15.1 Å².